The van der Waals surface area contributed by atoms with Gasteiger partial charge in [0, 0.05) is 24.7 Å². The van der Waals surface area contributed by atoms with E-state index in [1.807, 2.05) is 63.4 Å². The molecule has 0 saturated carbocycles. The summed E-state index contributed by atoms with van der Waals surface area (Å²) in [5, 5.41) is 2.90. The van der Waals surface area contributed by atoms with Gasteiger partial charge in [-0.1, -0.05) is 37.3 Å². The second-order valence-corrected chi connectivity index (χ2v) is 5.88. The van der Waals surface area contributed by atoms with Crippen molar-refractivity contribution < 1.29 is 9.59 Å². The van der Waals surface area contributed by atoms with Gasteiger partial charge in [0.25, 0.3) is 5.91 Å². The first-order chi connectivity index (χ1) is 11.5. The Bertz CT molecular complexity index is 698. The van der Waals surface area contributed by atoms with Gasteiger partial charge in [-0.2, -0.15) is 0 Å². The third-order valence-electron chi connectivity index (χ3n) is 4.10. The van der Waals surface area contributed by atoms with Crippen LogP contribution in [0.15, 0.2) is 54.6 Å². The van der Waals surface area contributed by atoms with E-state index in [0.29, 0.717) is 12.0 Å². The largest absolute Gasteiger partial charge is 0.339 e. The van der Waals surface area contributed by atoms with Crippen molar-refractivity contribution in [2.24, 2.45) is 0 Å². The number of nitrogens with one attached hydrogen (secondary N) is 1. The Labute approximate surface area is 143 Å². The topological polar surface area (TPSA) is 49.4 Å². The predicted octanol–water partition coefficient (Wildman–Crippen LogP) is 4.26. The average molecular weight is 324 g/mol. The van der Waals surface area contributed by atoms with E-state index in [-0.39, 0.29) is 17.9 Å². The highest BCUT2D eigenvalue weighted by molar-refractivity contribution is 6.04. The Morgan fingerprint density at radius 1 is 1.08 bits per heavy atom. The number of hydrogen-bond donors (Lipinski definition) is 1. The second-order valence-electron chi connectivity index (χ2n) is 5.88. The van der Waals surface area contributed by atoms with Crippen molar-refractivity contribution >= 4 is 17.5 Å². The van der Waals surface area contributed by atoms with E-state index in [2.05, 4.69) is 5.32 Å². The Balaban J connectivity index is 2.11. The van der Waals surface area contributed by atoms with Crippen LogP contribution < -0.4 is 5.32 Å². The minimum absolute atomic E-state index is 0.0439. The lowest BCUT2D eigenvalue weighted by Gasteiger charge is -2.25. The van der Waals surface area contributed by atoms with Gasteiger partial charge >= 0.3 is 0 Å². The molecule has 0 heterocycles. The first-order valence-electron chi connectivity index (χ1n) is 8.25. The van der Waals surface area contributed by atoms with Crippen molar-refractivity contribution in [2.45, 2.75) is 32.7 Å². The average Bonchev–Trinajstić information content (AvgIpc) is 2.61. The molecule has 1 N–H and O–H groups in total. The SMILES string of the molecule is CCCC(=O)N(C)C(C)c1cccc(NC(=O)c2ccccc2)c1. The number of carbonyl (C=O) groups is 2. The molecule has 2 rings (SSSR count). The van der Waals surface area contributed by atoms with Gasteiger partial charge in [0.15, 0.2) is 0 Å². The molecule has 1 unspecified atom stereocenters. The molecule has 4 heteroatoms. The van der Waals surface area contributed by atoms with Crippen LogP contribution in [0, 0.1) is 0 Å². The molecular weight excluding hydrogens is 300 g/mol. The number of benzene rings is 2. The third kappa shape index (κ3) is 4.44. The van der Waals surface area contributed by atoms with E-state index in [0.717, 1.165) is 17.7 Å². The highest BCUT2D eigenvalue weighted by atomic mass is 16.2. The number of nitrogens with zero attached hydrogens (tertiary/aromatic N) is 1. The van der Waals surface area contributed by atoms with Gasteiger partial charge in [-0.05, 0) is 43.2 Å². The Morgan fingerprint density at radius 2 is 1.79 bits per heavy atom. The van der Waals surface area contributed by atoms with Gasteiger partial charge in [0.05, 0.1) is 6.04 Å². The van der Waals surface area contributed by atoms with E-state index in [4.69, 9.17) is 0 Å². The molecule has 0 spiro atoms. The van der Waals surface area contributed by atoms with E-state index >= 15 is 0 Å². The molecule has 0 aliphatic heterocycles. The van der Waals surface area contributed by atoms with Crippen LogP contribution in [0.3, 0.4) is 0 Å². The number of amides is 2. The summed E-state index contributed by atoms with van der Waals surface area (Å²) in [6, 6.07) is 16.7. The lowest BCUT2D eigenvalue weighted by Crippen LogP contribution is -2.29. The van der Waals surface area contributed by atoms with Crippen LogP contribution >= 0.6 is 0 Å². The van der Waals surface area contributed by atoms with Gasteiger partial charge < -0.3 is 10.2 Å². The maximum atomic E-state index is 12.2. The first kappa shape index (κ1) is 17.7. The molecule has 1 atom stereocenters. The molecule has 2 aromatic rings. The third-order valence-corrected chi connectivity index (χ3v) is 4.10. The monoisotopic (exact) mass is 324 g/mol. The van der Waals surface area contributed by atoms with E-state index < -0.39 is 0 Å². The summed E-state index contributed by atoms with van der Waals surface area (Å²) < 4.78 is 0. The zero-order valence-electron chi connectivity index (χ0n) is 14.5. The van der Waals surface area contributed by atoms with Crippen LogP contribution in [0.4, 0.5) is 5.69 Å². The fourth-order valence-electron chi connectivity index (χ4n) is 2.50. The molecule has 0 aromatic heterocycles. The van der Waals surface area contributed by atoms with Crippen LogP contribution in [-0.2, 0) is 4.79 Å². The predicted molar refractivity (Wildman–Crippen MR) is 96.9 cm³/mol. The summed E-state index contributed by atoms with van der Waals surface area (Å²) in [4.78, 5) is 26.1. The molecule has 0 saturated heterocycles. The smallest absolute Gasteiger partial charge is 0.255 e. The minimum atomic E-state index is -0.143. The summed E-state index contributed by atoms with van der Waals surface area (Å²) in [5.41, 5.74) is 2.34. The number of anilines is 1. The fraction of sp³-hybridized carbons (Fsp3) is 0.300. The quantitative estimate of drug-likeness (QED) is 0.863. The van der Waals surface area contributed by atoms with Gasteiger partial charge in [-0.25, -0.2) is 0 Å². The molecule has 0 fully saturated rings. The van der Waals surface area contributed by atoms with E-state index in [1.165, 1.54) is 0 Å². The van der Waals surface area contributed by atoms with Gasteiger partial charge in [-0.15, -0.1) is 0 Å². The summed E-state index contributed by atoms with van der Waals surface area (Å²) in [5.74, 6) is -0.0143. The first-order valence-corrected chi connectivity index (χ1v) is 8.25. The van der Waals surface area contributed by atoms with Crippen LogP contribution in [0.5, 0.6) is 0 Å². The maximum absolute atomic E-state index is 12.2. The molecule has 24 heavy (non-hydrogen) atoms. The number of rotatable bonds is 6. The summed E-state index contributed by atoms with van der Waals surface area (Å²) in [6.45, 7) is 3.99. The molecule has 4 nitrogen and oxygen atoms in total. The standard InChI is InChI=1S/C20H24N2O2/c1-4-9-19(23)22(3)15(2)17-12-8-13-18(14-17)21-20(24)16-10-6-5-7-11-16/h5-8,10-15H,4,9H2,1-3H3,(H,21,24). The Hall–Kier alpha value is -2.62. The summed E-state index contributed by atoms with van der Waals surface area (Å²) >= 11 is 0. The molecule has 2 aromatic carbocycles. The molecule has 0 bridgehead atoms. The van der Waals surface area contributed by atoms with Gasteiger partial charge in [0.1, 0.15) is 0 Å². The zero-order valence-corrected chi connectivity index (χ0v) is 14.5. The molecule has 2 amide bonds. The molecule has 0 radical (unpaired) electrons. The van der Waals surface area contributed by atoms with Crippen molar-refractivity contribution in [3.05, 3.63) is 65.7 Å². The van der Waals surface area contributed by atoms with E-state index in [9.17, 15) is 9.59 Å². The molecular formula is C20H24N2O2. The van der Waals surface area contributed by atoms with Gasteiger partial charge in [0.2, 0.25) is 5.91 Å². The normalized spacial score (nSPS) is 11.6. The van der Waals surface area contributed by atoms with Gasteiger partial charge in [-0.3, -0.25) is 9.59 Å². The highest BCUT2D eigenvalue weighted by Crippen LogP contribution is 2.23. The van der Waals surface area contributed by atoms with Crippen molar-refractivity contribution in [3.63, 3.8) is 0 Å². The summed E-state index contributed by atoms with van der Waals surface area (Å²) in [6.07, 6.45) is 1.38. The van der Waals surface area contributed by atoms with Crippen molar-refractivity contribution in [2.75, 3.05) is 12.4 Å². The van der Waals surface area contributed by atoms with Crippen LogP contribution in [0.2, 0.25) is 0 Å². The number of carbonyl (C=O) groups excluding carboxylic acids is 2. The Morgan fingerprint density at radius 3 is 2.46 bits per heavy atom. The van der Waals surface area contributed by atoms with Crippen LogP contribution in [0.25, 0.3) is 0 Å². The number of hydrogen-bond acceptors (Lipinski definition) is 2. The summed E-state index contributed by atoms with van der Waals surface area (Å²) in [7, 11) is 1.82. The Kier molecular flexibility index (Phi) is 6.13. The van der Waals surface area contributed by atoms with Crippen LogP contribution in [-0.4, -0.2) is 23.8 Å². The lowest BCUT2D eigenvalue weighted by atomic mass is 10.1. The van der Waals surface area contributed by atoms with Crippen LogP contribution in [0.1, 0.15) is 48.7 Å². The van der Waals surface area contributed by atoms with E-state index in [1.54, 1.807) is 17.0 Å². The maximum Gasteiger partial charge on any atom is 0.255 e. The minimum Gasteiger partial charge on any atom is -0.339 e. The lowest BCUT2D eigenvalue weighted by molar-refractivity contribution is -0.131. The second kappa shape index (κ2) is 8.29. The van der Waals surface area contributed by atoms with Crippen molar-refractivity contribution in [3.8, 4) is 0 Å². The molecule has 0 aliphatic rings. The molecule has 0 aliphatic carbocycles. The highest BCUT2D eigenvalue weighted by Gasteiger charge is 2.17. The fourth-order valence-corrected chi connectivity index (χ4v) is 2.50. The molecule has 126 valence electrons. The van der Waals surface area contributed by atoms with Crippen molar-refractivity contribution in [1.82, 2.24) is 4.90 Å². The van der Waals surface area contributed by atoms with Crippen molar-refractivity contribution in [1.29, 1.82) is 0 Å². The zero-order chi connectivity index (χ0) is 17.5.